The molecule has 0 unspecified atom stereocenters. The molecule has 0 atom stereocenters. The van der Waals surface area contributed by atoms with Crippen molar-refractivity contribution in [2.24, 2.45) is 0 Å². The van der Waals surface area contributed by atoms with Crippen LogP contribution in [0, 0.1) is 13.8 Å². The largest absolute Gasteiger partial charge is 0.494 e. The number of carbonyl (C=O) groups excluding carboxylic acids is 2. The number of benzene rings is 2. The van der Waals surface area contributed by atoms with Crippen molar-refractivity contribution in [2.45, 2.75) is 27.7 Å². The van der Waals surface area contributed by atoms with E-state index in [4.69, 9.17) is 21.1 Å². The van der Waals surface area contributed by atoms with Gasteiger partial charge in [0.15, 0.2) is 0 Å². The van der Waals surface area contributed by atoms with E-state index in [1.165, 1.54) is 12.0 Å². The lowest BCUT2D eigenvalue weighted by molar-refractivity contribution is -0.136. The second-order valence-electron chi connectivity index (χ2n) is 8.19. The van der Waals surface area contributed by atoms with E-state index in [9.17, 15) is 9.59 Å². The van der Waals surface area contributed by atoms with Gasteiger partial charge in [0.05, 0.1) is 35.6 Å². The lowest BCUT2D eigenvalue weighted by Gasteiger charge is -2.19. The van der Waals surface area contributed by atoms with Crippen LogP contribution in [0.15, 0.2) is 71.4 Å². The molecule has 0 saturated carbocycles. The maximum Gasteiger partial charge on any atom is 0.340 e. The Bertz CT molecular complexity index is 1370. The second-order valence-corrected chi connectivity index (χ2v) is 8.60. The molecular weight excluding hydrogens is 464 g/mol. The SMILES string of the molecule is CCOc1ccc(-n2c(C)cc(/C=C3\C(=O)N(c4ccccc4Cl)C(C)=C3C(=O)OC)c2C)cc1. The topological polar surface area (TPSA) is 60.8 Å². The molecule has 0 radical (unpaired) electrons. The van der Waals surface area contributed by atoms with Crippen LogP contribution in [-0.4, -0.2) is 30.2 Å². The zero-order chi connectivity index (χ0) is 25.3. The van der Waals surface area contributed by atoms with Crippen LogP contribution < -0.4 is 9.64 Å². The maximum atomic E-state index is 13.6. The van der Waals surface area contributed by atoms with Crippen LogP contribution in [-0.2, 0) is 14.3 Å². The van der Waals surface area contributed by atoms with Gasteiger partial charge in [-0.2, -0.15) is 0 Å². The van der Waals surface area contributed by atoms with Gasteiger partial charge in [-0.3, -0.25) is 9.69 Å². The van der Waals surface area contributed by atoms with Crippen molar-refractivity contribution >= 4 is 35.2 Å². The average Bonchev–Trinajstić information content (AvgIpc) is 3.26. The number of hydrogen-bond donors (Lipinski definition) is 0. The summed E-state index contributed by atoms with van der Waals surface area (Å²) in [5, 5.41) is 0.416. The number of rotatable bonds is 6. The Kier molecular flexibility index (Phi) is 6.85. The van der Waals surface area contributed by atoms with Gasteiger partial charge < -0.3 is 14.0 Å². The Morgan fingerprint density at radius 3 is 2.37 bits per heavy atom. The number of halogens is 1. The number of carbonyl (C=O) groups is 2. The van der Waals surface area contributed by atoms with Gasteiger partial charge in [0.2, 0.25) is 0 Å². The second kappa shape index (κ2) is 9.84. The summed E-state index contributed by atoms with van der Waals surface area (Å²) in [7, 11) is 1.31. The van der Waals surface area contributed by atoms with Crippen molar-refractivity contribution in [3.63, 3.8) is 0 Å². The Hall–Kier alpha value is -3.77. The van der Waals surface area contributed by atoms with Crippen molar-refractivity contribution in [1.29, 1.82) is 0 Å². The zero-order valence-electron chi connectivity index (χ0n) is 20.4. The lowest BCUT2D eigenvalue weighted by atomic mass is 10.0. The predicted octanol–water partition coefficient (Wildman–Crippen LogP) is 6.02. The fourth-order valence-electron chi connectivity index (χ4n) is 4.45. The van der Waals surface area contributed by atoms with Crippen LogP contribution in [0.2, 0.25) is 5.02 Å². The molecule has 0 fully saturated rings. The smallest absolute Gasteiger partial charge is 0.340 e. The average molecular weight is 491 g/mol. The van der Waals surface area contributed by atoms with E-state index >= 15 is 0 Å². The summed E-state index contributed by atoms with van der Waals surface area (Å²) in [6, 6.07) is 16.9. The first-order valence-electron chi connectivity index (χ1n) is 11.3. The number of esters is 1. The van der Waals surface area contributed by atoms with E-state index < -0.39 is 5.97 Å². The normalized spacial score (nSPS) is 14.7. The quantitative estimate of drug-likeness (QED) is 0.313. The molecule has 0 N–H and O–H groups in total. The number of allylic oxidation sites excluding steroid dienone is 1. The molecule has 0 aliphatic carbocycles. The number of para-hydroxylation sites is 1. The Balaban J connectivity index is 1.81. The van der Waals surface area contributed by atoms with E-state index in [0.717, 1.165) is 28.4 Å². The summed E-state index contributed by atoms with van der Waals surface area (Å²) < 4.78 is 12.7. The van der Waals surface area contributed by atoms with Gasteiger partial charge in [0.25, 0.3) is 5.91 Å². The molecule has 2 aromatic carbocycles. The highest BCUT2D eigenvalue weighted by atomic mass is 35.5. The number of amides is 1. The molecule has 3 aromatic rings. The Morgan fingerprint density at radius 1 is 1.06 bits per heavy atom. The molecule has 35 heavy (non-hydrogen) atoms. The van der Waals surface area contributed by atoms with Crippen LogP contribution in [0.5, 0.6) is 5.75 Å². The number of anilines is 1. The first-order chi connectivity index (χ1) is 16.8. The van der Waals surface area contributed by atoms with Crippen LogP contribution in [0.3, 0.4) is 0 Å². The fourth-order valence-corrected chi connectivity index (χ4v) is 4.67. The summed E-state index contributed by atoms with van der Waals surface area (Å²) in [6.07, 6.45) is 1.75. The number of methoxy groups -OCH3 is 1. The van der Waals surface area contributed by atoms with Crippen LogP contribution in [0.4, 0.5) is 5.69 Å². The fraction of sp³-hybridized carbons (Fsp3) is 0.214. The van der Waals surface area contributed by atoms with Crippen molar-refractivity contribution in [3.8, 4) is 11.4 Å². The van der Waals surface area contributed by atoms with Crippen LogP contribution in [0.1, 0.15) is 30.8 Å². The van der Waals surface area contributed by atoms with E-state index in [1.807, 2.05) is 51.1 Å². The van der Waals surface area contributed by atoms with Gasteiger partial charge >= 0.3 is 5.97 Å². The van der Waals surface area contributed by atoms with Gasteiger partial charge in [0, 0.05) is 22.8 Å². The summed E-state index contributed by atoms with van der Waals surface area (Å²) in [5.41, 5.74) is 5.21. The van der Waals surface area contributed by atoms with Crippen molar-refractivity contribution in [3.05, 3.63) is 93.4 Å². The lowest BCUT2D eigenvalue weighted by Crippen LogP contribution is -2.24. The molecule has 2 heterocycles. The first kappa shape index (κ1) is 24.4. The van der Waals surface area contributed by atoms with Crippen LogP contribution >= 0.6 is 11.6 Å². The zero-order valence-corrected chi connectivity index (χ0v) is 21.1. The van der Waals surface area contributed by atoms with E-state index in [1.54, 1.807) is 37.3 Å². The number of hydrogen-bond acceptors (Lipinski definition) is 4. The summed E-state index contributed by atoms with van der Waals surface area (Å²) >= 11 is 6.39. The number of nitrogens with zero attached hydrogens (tertiary/aromatic N) is 2. The van der Waals surface area contributed by atoms with Gasteiger partial charge in [-0.25, -0.2) is 4.79 Å². The number of ether oxygens (including phenoxy) is 2. The van der Waals surface area contributed by atoms with E-state index in [-0.39, 0.29) is 17.1 Å². The van der Waals surface area contributed by atoms with E-state index in [2.05, 4.69) is 4.57 Å². The van der Waals surface area contributed by atoms with Crippen molar-refractivity contribution in [1.82, 2.24) is 4.57 Å². The monoisotopic (exact) mass is 490 g/mol. The van der Waals surface area contributed by atoms with Gasteiger partial charge in [-0.05, 0) is 81.8 Å². The Morgan fingerprint density at radius 2 is 1.74 bits per heavy atom. The summed E-state index contributed by atoms with van der Waals surface area (Å²) in [4.78, 5) is 27.8. The summed E-state index contributed by atoms with van der Waals surface area (Å²) in [5.74, 6) is -0.0977. The number of aryl methyl sites for hydroxylation is 1. The molecule has 0 bridgehead atoms. The predicted molar refractivity (Wildman–Crippen MR) is 138 cm³/mol. The highest BCUT2D eigenvalue weighted by molar-refractivity contribution is 6.35. The molecule has 180 valence electrons. The molecule has 7 heteroatoms. The number of aromatic nitrogens is 1. The molecule has 1 aliphatic rings. The third-order valence-electron chi connectivity index (χ3n) is 6.06. The minimum absolute atomic E-state index is 0.225. The Labute approximate surface area is 210 Å². The maximum absolute atomic E-state index is 13.6. The molecule has 6 nitrogen and oxygen atoms in total. The molecule has 0 spiro atoms. The molecule has 4 rings (SSSR count). The van der Waals surface area contributed by atoms with Crippen molar-refractivity contribution < 1.29 is 19.1 Å². The minimum Gasteiger partial charge on any atom is -0.494 e. The highest BCUT2D eigenvalue weighted by Crippen LogP contribution is 2.39. The molecular formula is C28H27ClN2O4. The molecule has 0 saturated heterocycles. The molecule has 1 amide bonds. The van der Waals surface area contributed by atoms with Gasteiger partial charge in [-0.15, -0.1) is 0 Å². The standard InChI is InChI=1S/C28H27ClN2O4/c1-6-35-22-13-11-21(12-14-22)30-17(2)15-20(18(30)3)16-23-26(28(33)34-5)19(4)31(27(23)32)25-10-8-7-9-24(25)29/h7-16H,6H2,1-5H3/b23-16-. The minimum atomic E-state index is -0.572. The third kappa shape index (κ3) is 4.37. The first-order valence-corrected chi connectivity index (χ1v) is 11.7. The van der Waals surface area contributed by atoms with E-state index in [0.29, 0.717) is 23.0 Å². The molecule has 1 aromatic heterocycles. The summed E-state index contributed by atoms with van der Waals surface area (Å²) in [6.45, 7) is 8.25. The molecule has 1 aliphatic heterocycles. The third-order valence-corrected chi connectivity index (χ3v) is 6.38. The van der Waals surface area contributed by atoms with Gasteiger partial charge in [0.1, 0.15) is 5.75 Å². The van der Waals surface area contributed by atoms with Crippen molar-refractivity contribution in [2.75, 3.05) is 18.6 Å². The highest BCUT2D eigenvalue weighted by Gasteiger charge is 2.38. The van der Waals surface area contributed by atoms with Crippen LogP contribution in [0.25, 0.3) is 11.8 Å². The van der Waals surface area contributed by atoms with Gasteiger partial charge in [-0.1, -0.05) is 23.7 Å².